The number of aliphatic hydroxyl groups is 3. The van der Waals surface area contributed by atoms with Crippen molar-refractivity contribution in [1.82, 2.24) is 0 Å². The number of hydrogen-bond donors (Lipinski definition) is 3. The molecular formula is C13H20O8. The first-order chi connectivity index (χ1) is 9.95. The standard InChI is InChI=1S/C13H20O8/c1-2-19-9(14)5-3-4-6-10(15)20-7-8-11(16)12(17)13(18)21-8/h2,8,11-13,16-18H,1,3-7H2/t8-,11-,12+,13?/m0/s1. The third-order valence-electron chi connectivity index (χ3n) is 2.97. The maximum absolute atomic E-state index is 11.4. The molecule has 0 radical (unpaired) electrons. The zero-order valence-electron chi connectivity index (χ0n) is 11.5. The van der Waals surface area contributed by atoms with E-state index in [0.29, 0.717) is 12.8 Å². The Morgan fingerprint density at radius 2 is 1.71 bits per heavy atom. The molecule has 0 aromatic carbocycles. The molecule has 1 aliphatic heterocycles. The SMILES string of the molecule is C=COC(=O)CCCCC(=O)OC[C@@H]1OC(O)[C@H](O)[C@H]1O. The van der Waals surface area contributed by atoms with Crippen LogP contribution in [-0.4, -0.2) is 58.5 Å². The number of aliphatic hydroxyl groups excluding tert-OH is 3. The van der Waals surface area contributed by atoms with Gasteiger partial charge < -0.3 is 29.5 Å². The molecule has 21 heavy (non-hydrogen) atoms. The lowest BCUT2D eigenvalue weighted by atomic mass is 10.1. The van der Waals surface area contributed by atoms with E-state index in [1.165, 1.54) is 0 Å². The highest BCUT2D eigenvalue weighted by Gasteiger charge is 2.42. The van der Waals surface area contributed by atoms with Crippen molar-refractivity contribution in [3.63, 3.8) is 0 Å². The number of ether oxygens (including phenoxy) is 3. The Kier molecular flexibility index (Phi) is 7.30. The molecule has 1 heterocycles. The quantitative estimate of drug-likeness (QED) is 0.303. The molecule has 0 aromatic heterocycles. The first kappa shape index (κ1) is 17.6. The van der Waals surface area contributed by atoms with Crippen molar-refractivity contribution in [2.24, 2.45) is 0 Å². The van der Waals surface area contributed by atoms with Gasteiger partial charge in [-0.2, -0.15) is 0 Å². The second kappa shape index (κ2) is 8.73. The molecule has 1 aliphatic rings. The molecule has 120 valence electrons. The third kappa shape index (κ3) is 5.80. The van der Waals surface area contributed by atoms with Crippen LogP contribution in [0.25, 0.3) is 0 Å². The highest BCUT2D eigenvalue weighted by Crippen LogP contribution is 2.19. The molecule has 1 rings (SSSR count). The van der Waals surface area contributed by atoms with Gasteiger partial charge in [-0.1, -0.05) is 6.58 Å². The zero-order valence-corrected chi connectivity index (χ0v) is 11.5. The molecule has 0 bridgehead atoms. The van der Waals surface area contributed by atoms with Gasteiger partial charge >= 0.3 is 11.9 Å². The normalized spacial score (nSPS) is 28.1. The van der Waals surface area contributed by atoms with Crippen LogP contribution < -0.4 is 0 Å². The summed E-state index contributed by atoms with van der Waals surface area (Å²) in [6.07, 6.45) is -2.90. The van der Waals surface area contributed by atoms with E-state index in [2.05, 4.69) is 11.3 Å². The van der Waals surface area contributed by atoms with Crippen LogP contribution in [0.3, 0.4) is 0 Å². The lowest BCUT2D eigenvalue weighted by molar-refractivity contribution is -0.157. The van der Waals surface area contributed by atoms with Crippen molar-refractivity contribution >= 4 is 11.9 Å². The van der Waals surface area contributed by atoms with Crippen LogP contribution in [0.4, 0.5) is 0 Å². The van der Waals surface area contributed by atoms with Crippen LogP contribution in [-0.2, 0) is 23.8 Å². The number of carbonyl (C=O) groups is 2. The number of carbonyl (C=O) groups excluding carboxylic acids is 2. The summed E-state index contributed by atoms with van der Waals surface area (Å²) in [5.74, 6) is -0.928. The fraction of sp³-hybridized carbons (Fsp3) is 0.692. The maximum atomic E-state index is 11.4. The second-order valence-corrected chi connectivity index (χ2v) is 4.59. The van der Waals surface area contributed by atoms with Gasteiger partial charge in [0.2, 0.25) is 0 Å². The van der Waals surface area contributed by atoms with Gasteiger partial charge in [-0.3, -0.25) is 9.59 Å². The van der Waals surface area contributed by atoms with E-state index in [0.717, 1.165) is 6.26 Å². The molecule has 0 saturated carbocycles. The second-order valence-electron chi connectivity index (χ2n) is 4.59. The van der Waals surface area contributed by atoms with Gasteiger partial charge in [-0.15, -0.1) is 0 Å². The predicted molar refractivity (Wildman–Crippen MR) is 68.6 cm³/mol. The van der Waals surface area contributed by atoms with Gasteiger partial charge in [0.05, 0.1) is 6.26 Å². The van der Waals surface area contributed by atoms with Crippen molar-refractivity contribution in [3.05, 3.63) is 12.8 Å². The first-order valence-electron chi connectivity index (χ1n) is 6.61. The summed E-state index contributed by atoms with van der Waals surface area (Å²) in [4.78, 5) is 22.4. The van der Waals surface area contributed by atoms with Gasteiger partial charge in [0.25, 0.3) is 0 Å². The van der Waals surface area contributed by atoms with E-state index < -0.39 is 36.5 Å². The van der Waals surface area contributed by atoms with Crippen LogP contribution in [0.1, 0.15) is 25.7 Å². The molecule has 1 saturated heterocycles. The number of unbranched alkanes of at least 4 members (excludes halogenated alkanes) is 1. The highest BCUT2D eigenvalue weighted by molar-refractivity contribution is 5.70. The Morgan fingerprint density at radius 1 is 1.10 bits per heavy atom. The Labute approximate surface area is 121 Å². The minimum Gasteiger partial charge on any atom is -0.463 e. The Balaban J connectivity index is 2.12. The number of rotatable bonds is 8. The van der Waals surface area contributed by atoms with E-state index in [1.807, 2.05) is 0 Å². The van der Waals surface area contributed by atoms with Crippen molar-refractivity contribution in [3.8, 4) is 0 Å². The van der Waals surface area contributed by atoms with Gasteiger partial charge in [0, 0.05) is 12.8 Å². The third-order valence-corrected chi connectivity index (χ3v) is 2.97. The summed E-state index contributed by atoms with van der Waals surface area (Å²) in [6.45, 7) is 2.99. The minimum atomic E-state index is -1.49. The highest BCUT2D eigenvalue weighted by atomic mass is 16.7. The monoisotopic (exact) mass is 304 g/mol. The summed E-state index contributed by atoms with van der Waals surface area (Å²) >= 11 is 0. The van der Waals surface area contributed by atoms with E-state index in [4.69, 9.17) is 14.6 Å². The van der Waals surface area contributed by atoms with Crippen LogP contribution in [0, 0.1) is 0 Å². The van der Waals surface area contributed by atoms with Crippen LogP contribution in [0.15, 0.2) is 12.8 Å². The summed E-state index contributed by atoms with van der Waals surface area (Å²) < 4.78 is 14.2. The molecule has 1 fully saturated rings. The smallest absolute Gasteiger partial charge is 0.310 e. The average molecular weight is 304 g/mol. The van der Waals surface area contributed by atoms with Gasteiger partial charge in [0.1, 0.15) is 24.9 Å². The lowest BCUT2D eigenvalue weighted by Crippen LogP contribution is -2.34. The van der Waals surface area contributed by atoms with Gasteiger partial charge in [0.15, 0.2) is 6.29 Å². The molecule has 3 N–H and O–H groups in total. The van der Waals surface area contributed by atoms with Crippen molar-refractivity contribution < 1.29 is 39.1 Å². The molecule has 0 aromatic rings. The van der Waals surface area contributed by atoms with E-state index >= 15 is 0 Å². The molecule has 0 aliphatic carbocycles. The molecule has 8 heteroatoms. The fourth-order valence-corrected chi connectivity index (χ4v) is 1.80. The van der Waals surface area contributed by atoms with Crippen molar-refractivity contribution in [2.75, 3.05) is 6.61 Å². The number of esters is 2. The molecule has 4 atom stereocenters. The van der Waals surface area contributed by atoms with Gasteiger partial charge in [-0.05, 0) is 12.8 Å². The first-order valence-corrected chi connectivity index (χ1v) is 6.61. The summed E-state index contributed by atoms with van der Waals surface area (Å²) in [5.41, 5.74) is 0. The van der Waals surface area contributed by atoms with Crippen LogP contribution in [0.5, 0.6) is 0 Å². The zero-order chi connectivity index (χ0) is 15.8. The summed E-state index contributed by atoms with van der Waals surface area (Å²) in [6, 6.07) is 0. The molecule has 8 nitrogen and oxygen atoms in total. The Hall–Kier alpha value is -1.48. The van der Waals surface area contributed by atoms with E-state index in [1.54, 1.807) is 0 Å². The largest absolute Gasteiger partial charge is 0.463 e. The van der Waals surface area contributed by atoms with Crippen molar-refractivity contribution in [2.45, 2.75) is 50.3 Å². The molecule has 1 unspecified atom stereocenters. The maximum Gasteiger partial charge on any atom is 0.310 e. The fourth-order valence-electron chi connectivity index (χ4n) is 1.80. The topological polar surface area (TPSA) is 123 Å². The molecular weight excluding hydrogens is 284 g/mol. The summed E-state index contributed by atoms with van der Waals surface area (Å²) in [7, 11) is 0. The van der Waals surface area contributed by atoms with Crippen LogP contribution in [0.2, 0.25) is 0 Å². The average Bonchev–Trinajstić information content (AvgIpc) is 2.69. The number of hydrogen-bond acceptors (Lipinski definition) is 8. The lowest BCUT2D eigenvalue weighted by Gasteiger charge is -2.14. The minimum absolute atomic E-state index is 0.106. The molecule has 0 spiro atoms. The Morgan fingerprint density at radius 3 is 2.24 bits per heavy atom. The van der Waals surface area contributed by atoms with E-state index in [9.17, 15) is 19.8 Å². The Bertz CT molecular complexity index is 369. The van der Waals surface area contributed by atoms with Crippen molar-refractivity contribution in [1.29, 1.82) is 0 Å². The van der Waals surface area contributed by atoms with Gasteiger partial charge in [-0.25, -0.2) is 0 Å². The van der Waals surface area contributed by atoms with E-state index in [-0.39, 0.29) is 19.4 Å². The molecule has 0 amide bonds. The van der Waals surface area contributed by atoms with Crippen LogP contribution >= 0.6 is 0 Å². The summed E-state index contributed by atoms with van der Waals surface area (Å²) in [5, 5.41) is 27.9. The predicted octanol–water partition coefficient (Wildman–Crippen LogP) is -0.784.